The number of allylic oxidation sites excluding steroid dienone is 2. The summed E-state index contributed by atoms with van der Waals surface area (Å²) in [5.74, 6) is 0.128. The molecule has 7 heteroatoms. The molecule has 1 aliphatic heterocycles. The zero-order valence-electron chi connectivity index (χ0n) is 14.8. The zero-order chi connectivity index (χ0) is 18.1. The molecule has 0 radical (unpaired) electrons. The Balaban J connectivity index is 2.19. The van der Waals surface area contributed by atoms with Gasteiger partial charge in [-0.25, -0.2) is 0 Å². The van der Waals surface area contributed by atoms with Crippen molar-refractivity contribution in [2.45, 2.75) is 71.1 Å². The Bertz CT molecular complexity index is 560. The third kappa shape index (κ3) is 4.36. The molecule has 0 aromatic heterocycles. The summed E-state index contributed by atoms with van der Waals surface area (Å²) in [5.41, 5.74) is 6.72. The van der Waals surface area contributed by atoms with Crippen molar-refractivity contribution in [2.75, 3.05) is 6.61 Å². The van der Waals surface area contributed by atoms with Crippen molar-refractivity contribution < 1.29 is 24.5 Å². The van der Waals surface area contributed by atoms with Crippen molar-refractivity contribution in [2.24, 2.45) is 5.73 Å². The number of carbonyl (C=O) groups is 1. The number of nitrogens with one attached hydrogen (secondary N) is 1. The predicted molar refractivity (Wildman–Crippen MR) is 88.5 cm³/mol. The smallest absolute Gasteiger partial charge is 0.208 e. The van der Waals surface area contributed by atoms with Gasteiger partial charge in [0.05, 0.1) is 11.6 Å². The Hall–Kier alpha value is -1.41. The van der Waals surface area contributed by atoms with Gasteiger partial charge in [-0.2, -0.15) is 0 Å². The number of hydrogen-bond donors (Lipinski definition) is 4. The Morgan fingerprint density at radius 2 is 2.08 bits per heavy atom. The number of ketones is 1. The largest absolute Gasteiger partial charge is 0.492 e. The first-order chi connectivity index (χ1) is 11.1. The van der Waals surface area contributed by atoms with E-state index in [2.05, 4.69) is 5.32 Å². The van der Waals surface area contributed by atoms with Crippen LogP contribution in [0.2, 0.25) is 0 Å². The van der Waals surface area contributed by atoms with Gasteiger partial charge in [-0.3, -0.25) is 10.5 Å². The van der Waals surface area contributed by atoms with Gasteiger partial charge in [0.15, 0.2) is 12.5 Å². The predicted octanol–water partition coefficient (Wildman–Crippen LogP) is 0.666. The molecule has 24 heavy (non-hydrogen) atoms. The van der Waals surface area contributed by atoms with E-state index in [0.29, 0.717) is 23.5 Å². The number of carbonyl (C=O) groups excluding carboxylic acids is 1. The minimum absolute atomic E-state index is 0.0193. The van der Waals surface area contributed by atoms with E-state index in [-0.39, 0.29) is 12.6 Å². The molecule has 5 N–H and O–H groups in total. The summed E-state index contributed by atoms with van der Waals surface area (Å²) >= 11 is 0. The molecule has 1 aliphatic carbocycles. The molecule has 136 valence electrons. The van der Waals surface area contributed by atoms with Crippen molar-refractivity contribution in [3.63, 3.8) is 0 Å². The first-order valence-corrected chi connectivity index (χ1v) is 8.27. The van der Waals surface area contributed by atoms with Gasteiger partial charge in [0, 0.05) is 23.3 Å². The van der Waals surface area contributed by atoms with E-state index in [4.69, 9.17) is 15.2 Å². The van der Waals surface area contributed by atoms with Crippen molar-refractivity contribution in [1.82, 2.24) is 5.32 Å². The minimum atomic E-state index is -1.55. The van der Waals surface area contributed by atoms with Gasteiger partial charge in [0.1, 0.15) is 12.4 Å². The molecule has 2 rings (SSSR count). The summed E-state index contributed by atoms with van der Waals surface area (Å²) in [4.78, 5) is 12.2. The fourth-order valence-corrected chi connectivity index (χ4v) is 3.16. The van der Waals surface area contributed by atoms with Crippen molar-refractivity contribution in [3.8, 4) is 0 Å². The fourth-order valence-electron chi connectivity index (χ4n) is 3.16. The maximum absolute atomic E-state index is 12.2. The Kier molecular flexibility index (Phi) is 5.70. The molecule has 2 aliphatic rings. The van der Waals surface area contributed by atoms with Gasteiger partial charge in [-0.1, -0.05) is 0 Å². The fraction of sp³-hybridized carbons (Fsp3) is 0.706. The molecule has 0 saturated carbocycles. The molecule has 7 nitrogen and oxygen atoms in total. The highest BCUT2D eigenvalue weighted by Crippen LogP contribution is 2.37. The Labute approximate surface area is 142 Å². The van der Waals surface area contributed by atoms with E-state index in [9.17, 15) is 15.0 Å². The van der Waals surface area contributed by atoms with E-state index >= 15 is 0 Å². The second-order valence-electron chi connectivity index (χ2n) is 7.23. The molecule has 0 aromatic rings. The lowest BCUT2D eigenvalue weighted by Gasteiger charge is -2.28. The van der Waals surface area contributed by atoms with Crippen LogP contribution < -0.4 is 11.1 Å². The number of ether oxygens (including phenoxy) is 2. The lowest BCUT2D eigenvalue weighted by atomic mass is 9.88. The lowest BCUT2D eigenvalue weighted by molar-refractivity contribution is -0.185. The second-order valence-corrected chi connectivity index (χ2v) is 7.23. The molecule has 1 heterocycles. The average Bonchev–Trinajstić information content (AvgIpc) is 2.78. The third-order valence-corrected chi connectivity index (χ3v) is 3.99. The monoisotopic (exact) mass is 340 g/mol. The first-order valence-electron chi connectivity index (χ1n) is 8.27. The van der Waals surface area contributed by atoms with Gasteiger partial charge in [-0.15, -0.1) is 0 Å². The van der Waals surface area contributed by atoms with Crippen LogP contribution in [0.5, 0.6) is 0 Å². The quantitative estimate of drug-likeness (QED) is 0.525. The van der Waals surface area contributed by atoms with Crippen LogP contribution in [-0.2, 0) is 14.3 Å². The molecular formula is C17H28N2O5. The second kappa shape index (κ2) is 7.23. The molecule has 0 saturated heterocycles. The van der Waals surface area contributed by atoms with Gasteiger partial charge in [-0.05, 0) is 40.5 Å². The maximum Gasteiger partial charge on any atom is 0.208 e. The summed E-state index contributed by atoms with van der Waals surface area (Å²) in [6, 6.07) is -0.0212. The molecule has 0 spiro atoms. The maximum atomic E-state index is 12.2. The highest BCUT2D eigenvalue weighted by molar-refractivity contribution is 6.04. The number of nitrogens with two attached hydrogens (primary N) is 1. The summed E-state index contributed by atoms with van der Waals surface area (Å²) in [6.45, 7) is 7.31. The van der Waals surface area contributed by atoms with Crippen molar-refractivity contribution in [1.29, 1.82) is 0 Å². The first kappa shape index (κ1) is 18.9. The topological polar surface area (TPSA) is 114 Å². The summed E-state index contributed by atoms with van der Waals surface area (Å²) in [5, 5.41) is 22.7. The van der Waals surface area contributed by atoms with Crippen LogP contribution in [0.25, 0.3) is 0 Å². The van der Waals surface area contributed by atoms with Crippen LogP contribution in [0.1, 0.15) is 47.0 Å². The zero-order valence-corrected chi connectivity index (χ0v) is 14.8. The van der Waals surface area contributed by atoms with Gasteiger partial charge < -0.3 is 25.0 Å². The molecule has 0 bridgehead atoms. The number of fused-ring (bicyclic) bond motifs is 1. The molecule has 0 aromatic carbocycles. The molecule has 3 unspecified atom stereocenters. The van der Waals surface area contributed by atoms with E-state index in [0.717, 1.165) is 18.4 Å². The molecule has 0 fully saturated rings. The summed E-state index contributed by atoms with van der Waals surface area (Å²) < 4.78 is 11.2. The molecule has 3 atom stereocenters. The van der Waals surface area contributed by atoms with Gasteiger partial charge in [0.25, 0.3) is 0 Å². The van der Waals surface area contributed by atoms with E-state index < -0.39 is 23.9 Å². The normalized spacial score (nSPS) is 23.7. The number of aliphatic hydroxyl groups is 2. The van der Waals surface area contributed by atoms with Crippen LogP contribution >= 0.6 is 0 Å². The number of aliphatic hydroxyl groups excluding tert-OH is 2. The lowest BCUT2D eigenvalue weighted by Crippen LogP contribution is -2.34. The van der Waals surface area contributed by atoms with E-state index in [1.807, 2.05) is 20.8 Å². The highest BCUT2D eigenvalue weighted by atomic mass is 16.6. The standard InChI is InChI=1S/C17H28N2O5/c1-9-13(15(21)16(18)22)14-10(19-9)6-5-7-11(14)23-8-12(20)24-17(2,3)4/h10,12,16,19-20,22H,5-8,18H2,1-4H3. The van der Waals surface area contributed by atoms with Crippen LogP contribution in [0.4, 0.5) is 0 Å². The Morgan fingerprint density at radius 1 is 1.42 bits per heavy atom. The highest BCUT2D eigenvalue weighted by Gasteiger charge is 2.37. The molecule has 0 amide bonds. The average molecular weight is 340 g/mol. The number of hydrogen-bond acceptors (Lipinski definition) is 7. The van der Waals surface area contributed by atoms with E-state index in [1.54, 1.807) is 6.92 Å². The van der Waals surface area contributed by atoms with Crippen molar-refractivity contribution in [3.05, 3.63) is 22.6 Å². The van der Waals surface area contributed by atoms with Crippen LogP contribution in [0.3, 0.4) is 0 Å². The van der Waals surface area contributed by atoms with Crippen LogP contribution in [0, 0.1) is 0 Å². The van der Waals surface area contributed by atoms with Crippen molar-refractivity contribution >= 4 is 5.78 Å². The van der Waals surface area contributed by atoms with Crippen LogP contribution in [0.15, 0.2) is 22.6 Å². The summed E-state index contributed by atoms with van der Waals surface area (Å²) in [6.07, 6.45) is -0.163. The Morgan fingerprint density at radius 3 is 2.67 bits per heavy atom. The number of Topliss-reactive ketones (excluding diaryl/α,β-unsaturated/α-hetero) is 1. The SMILES string of the molecule is CC1=C(C(=O)C(N)O)C2=C(OCC(O)OC(C)(C)C)CCCC2N1. The molecular weight excluding hydrogens is 312 g/mol. The minimum Gasteiger partial charge on any atom is -0.492 e. The third-order valence-electron chi connectivity index (χ3n) is 3.99. The van der Waals surface area contributed by atoms with E-state index in [1.165, 1.54) is 0 Å². The van der Waals surface area contributed by atoms with Crippen LogP contribution in [-0.4, -0.2) is 46.8 Å². The summed E-state index contributed by atoms with van der Waals surface area (Å²) in [7, 11) is 0. The van der Waals surface area contributed by atoms with Gasteiger partial charge >= 0.3 is 0 Å². The number of rotatable bonds is 6. The van der Waals surface area contributed by atoms with Gasteiger partial charge in [0.2, 0.25) is 5.78 Å².